The number of nitrogens with one attached hydrogen (secondary N) is 2. The van der Waals surface area contributed by atoms with E-state index in [0.29, 0.717) is 5.69 Å². The lowest BCUT2D eigenvalue weighted by atomic mass is 10.2. The molecular formula is C19H21BrN4O2. The minimum Gasteiger partial charge on any atom is -0.372 e. The van der Waals surface area contributed by atoms with E-state index in [9.17, 15) is 9.59 Å². The quantitative estimate of drug-likeness (QED) is 0.430. The molecule has 0 heterocycles. The third kappa shape index (κ3) is 5.70. The normalized spacial score (nSPS) is 10.6. The van der Waals surface area contributed by atoms with E-state index in [-0.39, 0.29) is 0 Å². The van der Waals surface area contributed by atoms with E-state index < -0.39 is 11.8 Å². The van der Waals surface area contributed by atoms with Crippen LogP contribution in [0.5, 0.6) is 0 Å². The van der Waals surface area contributed by atoms with Crippen molar-refractivity contribution >= 4 is 45.3 Å². The fourth-order valence-electron chi connectivity index (χ4n) is 2.30. The van der Waals surface area contributed by atoms with Crippen LogP contribution < -0.4 is 15.6 Å². The van der Waals surface area contributed by atoms with E-state index in [1.165, 1.54) is 6.21 Å². The maximum absolute atomic E-state index is 11.8. The van der Waals surface area contributed by atoms with Gasteiger partial charge in [-0.15, -0.1) is 0 Å². The van der Waals surface area contributed by atoms with E-state index in [2.05, 4.69) is 50.5 Å². The molecule has 0 saturated heterocycles. The van der Waals surface area contributed by atoms with Gasteiger partial charge in [0.2, 0.25) is 0 Å². The summed E-state index contributed by atoms with van der Waals surface area (Å²) in [6.07, 6.45) is 1.50. The van der Waals surface area contributed by atoms with Crippen molar-refractivity contribution in [2.45, 2.75) is 13.8 Å². The van der Waals surface area contributed by atoms with Crippen molar-refractivity contribution in [2.24, 2.45) is 5.10 Å². The largest absolute Gasteiger partial charge is 0.372 e. The summed E-state index contributed by atoms with van der Waals surface area (Å²) < 4.78 is 0.886. The summed E-state index contributed by atoms with van der Waals surface area (Å²) in [5.74, 6) is -1.61. The number of carbonyl (C=O) groups excluding carboxylic acids is 2. The molecule has 0 aliphatic rings. The average molecular weight is 417 g/mol. The molecule has 0 unspecified atom stereocenters. The Balaban J connectivity index is 1.87. The summed E-state index contributed by atoms with van der Waals surface area (Å²) in [5, 5.41) is 6.33. The molecule has 0 radical (unpaired) electrons. The average Bonchev–Trinajstić information content (AvgIpc) is 2.65. The topological polar surface area (TPSA) is 73.8 Å². The van der Waals surface area contributed by atoms with Gasteiger partial charge < -0.3 is 10.2 Å². The maximum Gasteiger partial charge on any atom is 0.329 e. The van der Waals surface area contributed by atoms with Gasteiger partial charge in [-0.3, -0.25) is 9.59 Å². The third-order valence-electron chi connectivity index (χ3n) is 3.71. The summed E-state index contributed by atoms with van der Waals surface area (Å²) in [7, 11) is 0. The summed E-state index contributed by atoms with van der Waals surface area (Å²) in [5.41, 5.74) is 4.71. The van der Waals surface area contributed by atoms with Gasteiger partial charge in [0.15, 0.2) is 0 Å². The zero-order valence-corrected chi connectivity index (χ0v) is 16.3. The second-order valence-electron chi connectivity index (χ2n) is 5.42. The van der Waals surface area contributed by atoms with Crippen molar-refractivity contribution in [1.29, 1.82) is 0 Å². The summed E-state index contributed by atoms with van der Waals surface area (Å²) in [6, 6.07) is 14.7. The fraction of sp³-hybridized carbons (Fsp3) is 0.211. The van der Waals surface area contributed by atoms with E-state index in [1.54, 1.807) is 24.3 Å². The van der Waals surface area contributed by atoms with Crippen LogP contribution in [0.15, 0.2) is 58.1 Å². The van der Waals surface area contributed by atoms with Gasteiger partial charge in [0.25, 0.3) is 0 Å². The van der Waals surface area contributed by atoms with Crippen LogP contribution in [0.4, 0.5) is 11.4 Å². The first-order chi connectivity index (χ1) is 12.5. The number of rotatable bonds is 6. The van der Waals surface area contributed by atoms with Gasteiger partial charge in [0, 0.05) is 28.9 Å². The van der Waals surface area contributed by atoms with Crippen molar-refractivity contribution in [3.63, 3.8) is 0 Å². The first-order valence-corrected chi connectivity index (χ1v) is 9.07. The van der Waals surface area contributed by atoms with Crippen molar-refractivity contribution in [2.75, 3.05) is 23.3 Å². The highest BCUT2D eigenvalue weighted by atomic mass is 79.9. The number of nitrogens with zero attached hydrogens (tertiary/aromatic N) is 2. The second-order valence-corrected chi connectivity index (χ2v) is 6.34. The Labute approximate surface area is 161 Å². The molecule has 0 saturated carbocycles. The molecule has 2 amide bonds. The molecule has 26 heavy (non-hydrogen) atoms. The van der Waals surface area contributed by atoms with Crippen LogP contribution in [-0.4, -0.2) is 31.1 Å². The third-order valence-corrected chi connectivity index (χ3v) is 4.24. The number of anilines is 2. The van der Waals surface area contributed by atoms with Crippen molar-refractivity contribution in [3.05, 3.63) is 58.6 Å². The number of carbonyl (C=O) groups is 2. The fourth-order valence-corrected chi connectivity index (χ4v) is 2.56. The Bertz CT molecular complexity index is 769. The maximum atomic E-state index is 11.8. The minimum atomic E-state index is -0.830. The lowest BCUT2D eigenvalue weighted by Crippen LogP contribution is -2.32. The molecule has 0 aromatic heterocycles. The standard InChI is InChI=1S/C19H21BrN4O2/c1-3-24(4-2)17-11-5-14(6-12-17)13-21-23-19(26)18(25)22-16-9-7-15(20)8-10-16/h5-13H,3-4H2,1-2H3,(H,22,25)(H,23,26)/b21-13-. The molecule has 136 valence electrons. The zero-order chi connectivity index (χ0) is 18.9. The van der Waals surface area contributed by atoms with E-state index >= 15 is 0 Å². The Hall–Kier alpha value is -2.67. The Morgan fingerprint density at radius 2 is 1.62 bits per heavy atom. The molecular weight excluding hydrogens is 396 g/mol. The van der Waals surface area contributed by atoms with Crippen LogP contribution in [0, 0.1) is 0 Å². The molecule has 0 bridgehead atoms. The second kappa shape index (κ2) is 9.72. The number of hydrazone groups is 1. The summed E-state index contributed by atoms with van der Waals surface area (Å²) >= 11 is 3.30. The lowest BCUT2D eigenvalue weighted by molar-refractivity contribution is -0.136. The molecule has 6 nitrogen and oxygen atoms in total. The molecule has 0 atom stereocenters. The molecule has 2 aromatic rings. The van der Waals surface area contributed by atoms with Crippen molar-refractivity contribution < 1.29 is 9.59 Å². The highest BCUT2D eigenvalue weighted by Gasteiger charge is 2.12. The van der Waals surface area contributed by atoms with Crippen LogP contribution in [0.25, 0.3) is 0 Å². The minimum absolute atomic E-state index is 0.532. The van der Waals surface area contributed by atoms with Gasteiger partial charge in [0.05, 0.1) is 6.21 Å². The van der Waals surface area contributed by atoms with Gasteiger partial charge in [-0.05, 0) is 55.8 Å². The first kappa shape index (κ1) is 19.7. The Kier molecular flexibility index (Phi) is 7.35. The smallest absolute Gasteiger partial charge is 0.329 e. The van der Waals surface area contributed by atoms with Crippen LogP contribution in [0.2, 0.25) is 0 Å². The monoisotopic (exact) mass is 416 g/mol. The number of amides is 2. The van der Waals surface area contributed by atoms with Gasteiger partial charge in [0.1, 0.15) is 0 Å². The molecule has 0 aliphatic carbocycles. The van der Waals surface area contributed by atoms with Gasteiger partial charge in [-0.25, -0.2) is 5.43 Å². The SMILES string of the molecule is CCN(CC)c1ccc(/C=N\NC(=O)C(=O)Nc2ccc(Br)cc2)cc1. The summed E-state index contributed by atoms with van der Waals surface area (Å²) in [6.45, 7) is 6.09. The molecule has 2 aromatic carbocycles. The zero-order valence-electron chi connectivity index (χ0n) is 14.7. The molecule has 0 fully saturated rings. The highest BCUT2D eigenvalue weighted by Crippen LogP contribution is 2.14. The van der Waals surface area contributed by atoms with Gasteiger partial charge in [-0.2, -0.15) is 5.10 Å². The molecule has 0 aliphatic heterocycles. The van der Waals surface area contributed by atoms with Crippen LogP contribution in [0.3, 0.4) is 0 Å². The first-order valence-electron chi connectivity index (χ1n) is 8.28. The number of hydrogen-bond donors (Lipinski definition) is 2. The highest BCUT2D eigenvalue weighted by molar-refractivity contribution is 9.10. The Morgan fingerprint density at radius 3 is 2.19 bits per heavy atom. The summed E-state index contributed by atoms with van der Waals surface area (Å²) in [4.78, 5) is 25.8. The Morgan fingerprint density at radius 1 is 1.00 bits per heavy atom. The van der Waals surface area contributed by atoms with E-state index in [4.69, 9.17) is 0 Å². The predicted octanol–water partition coefficient (Wildman–Crippen LogP) is 3.38. The number of halogens is 1. The van der Waals surface area contributed by atoms with E-state index in [1.807, 2.05) is 24.3 Å². The molecule has 2 rings (SSSR count). The van der Waals surface area contributed by atoms with Crippen molar-refractivity contribution in [3.8, 4) is 0 Å². The van der Waals surface area contributed by atoms with Gasteiger partial charge >= 0.3 is 11.8 Å². The van der Waals surface area contributed by atoms with Crippen LogP contribution >= 0.6 is 15.9 Å². The van der Waals surface area contributed by atoms with Crippen LogP contribution in [0.1, 0.15) is 19.4 Å². The number of benzene rings is 2. The van der Waals surface area contributed by atoms with Gasteiger partial charge in [-0.1, -0.05) is 28.1 Å². The molecule has 0 spiro atoms. The molecule has 7 heteroatoms. The van der Waals surface area contributed by atoms with E-state index in [0.717, 1.165) is 28.8 Å². The number of hydrogen-bond acceptors (Lipinski definition) is 4. The van der Waals surface area contributed by atoms with Crippen molar-refractivity contribution in [1.82, 2.24) is 5.43 Å². The predicted molar refractivity (Wildman–Crippen MR) is 109 cm³/mol. The lowest BCUT2D eigenvalue weighted by Gasteiger charge is -2.20. The van der Waals surface area contributed by atoms with Crippen LogP contribution in [-0.2, 0) is 9.59 Å². The molecule has 2 N–H and O–H groups in total.